The van der Waals surface area contributed by atoms with E-state index in [0.29, 0.717) is 26.2 Å². The summed E-state index contributed by atoms with van der Waals surface area (Å²) in [5, 5.41) is 11.8. The topological polar surface area (TPSA) is 109 Å². The van der Waals surface area contributed by atoms with Crippen LogP contribution >= 0.6 is 27.3 Å². The van der Waals surface area contributed by atoms with E-state index in [2.05, 4.69) is 43.7 Å². The van der Waals surface area contributed by atoms with Crippen LogP contribution in [0.25, 0.3) is 11.8 Å². The number of ether oxygens (including phenoxy) is 1. The second-order valence-electron chi connectivity index (χ2n) is 10.2. The highest BCUT2D eigenvalue weighted by molar-refractivity contribution is 9.10. The predicted octanol–water partition coefficient (Wildman–Crippen LogP) is 5.49. The molecule has 2 aromatic heterocycles. The van der Waals surface area contributed by atoms with Crippen molar-refractivity contribution in [2.75, 3.05) is 6.61 Å². The number of hydrogen-bond donors (Lipinski definition) is 0. The molecule has 1 aliphatic rings. The van der Waals surface area contributed by atoms with Gasteiger partial charge in [0.2, 0.25) is 0 Å². The lowest BCUT2D eigenvalue weighted by Crippen LogP contribution is -2.40. The predicted molar refractivity (Wildman–Crippen MR) is 166 cm³/mol. The molecule has 0 bridgehead atoms. The molecule has 9 nitrogen and oxygen atoms in total. The molecule has 0 saturated heterocycles. The maximum absolute atomic E-state index is 14.0. The van der Waals surface area contributed by atoms with Gasteiger partial charge in [0, 0.05) is 33.2 Å². The molecule has 0 saturated carbocycles. The number of allylic oxidation sites excluding steroid dienone is 1. The van der Waals surface area contributed by atoms with Gasteiger partial charge in [-0.05, 0) is 82.5 Å². The average molecular weight is 650 g/mol. The number of thiazole rings is 1. The molecule has 3 heterocycles. The van der Waals surface area contributed by atoms with Crippen LogP contribution in [-0.4, -0.2) is 26.6 Å². The Kier molecular flexibility index (Phi) is 7.91. The van der Waals surface area contributed by atoms with E-state index in [-0.39, 0.29) is 23.4 Å². The Morgan fingerprint density at radius 1 is 1.12 bits per heavy atom. The fourth-order valence-corrected chi connectivity index (χ4v) is 6.70. The minimum Gasteiger partial charge on any atom is -0.463 e. The Labute approximate surface area is 254 Å². The van der Waals surface area contributed by atoms with Crippen molar-refractivity contribution in [3.8, 4) is 5.69 Å². The van der Waals surface area contributed by atoms with E-state index in [1.54, 1.807) is 32.9 Å². The largest absolute Gasteiger partial charge is 0.463 e. The molecule has 0 fully saturated rings. The summed E-state index contributed by atoms with van der Waals surface area (Å²) in [6.45, 7) is 11.2. The number of esters is 1. The lowest BCUT2D eigenvalue weighted by Gasteiger charge is -2.24. The number of nitro benzene ring substituents is 1. The molecule has 0 spiro atoms. The molecule has 0 aliphatic carbocycles. The summed E-state index contributed by atoms with van der Waals surface area (Å²) in [5.41, 5.74) is 6.02. The maximum Gasteiger partial charge on any atom is 0.338 e. The number of carbonyl (C=O) groups excluding carboxylic acids is 1. The van der Waals surface area contributed by atoms with E-state index >= 15 is 0 Å². The standard InChI is InChI=1S/C31H29BrN4O5S/c1-7-41-30(38)27-19(5)33-31-35(28(27)21-10-8-17(3)25(13-21)36(39)40)29(37)26(42-31)14-22-12-18(4)34(20(22)6)23-11-9-16(2)24(32)15-23/h8-15,28H,7H2,1-6H3/b26-14+/t28-/m1/s1. The molecule has 42 heavy (non-hydrogen) atoms. The molecular formula is C31H29BrN4O5S. The van der Waals surface area contributed by atoms with Gasteiger partial charge in [0.1, 0.15) is 0 Å². The molecule has 0 amide bonds. The molecule has 5 rings (SSSR count). The second kappa shape index (κ2) is 11.3. The van der Waals surface area contributed by atoms with E-state index in [4.69, 9.17) is 4.74 Å². The van der Waals surface area contributed by atoms with Gasteiger partial charge in [-0.15, -0.1) is 0 Å². The monoisotopic (exact) mass is 648 g/mol. The first-order chi connectivity index (χ1) is 19.9. The highest BCUT2D eigenvalue weighted by atomic mass is 79.9. The van der Waals surface area contributed by atoms with Gasteiger partial charge in [0.05, 0.1) is 33.4 Å². The van der Waals surface area contributed by atoms with Crippen molar-refractivity contribution in [3.05, 3.63) is 122 Å². The SMILES string of the molecule is CCOC(=O)C1=C(C)N=c2s/c(=C/c3cc(C)n(-c4ccc(C)c(Br)c4)c3C)c(=O)n2[C@@H]1c1ccc(C)c([N+](=O)[O-])c1. The molecular weight excluding hydrogens is 620 g/mol. The van der Waals surface area contributed by atoms with Crippen LogP contribution < -0.4 is 14.9 Å². The van der Waals surface area contributed by atoms with E-state index in [0.717, 1.165) is 32.7 Å². The normalized spacial score (nSPS) is 15.0. The van der Waals surface area contributed by atoms with Gasteiger partial charge < -0.3 is 9.30 Å². The van der Waals surface area contributed by atoms with E-state index in [1.807, 2.05) is 32.9 Å². The second-order valence-corrected chi connectivity index (χ2v) is 12.1. The Balaban J connectivity index is 1.71. The zero-order valence-corrected chi connectivity index (χ0v) is 26.4. The quantitative estimate of drug-likeness (QED) is 0.156. The molecule has 2 aromatic carbocycles. The number of aromatic nitrogens is 2. The molecule has 1 atom stereocenters. The number of hydrogen-bond acceptors (Lipinski definition) is 7. The summed E-state index contributed by atoms with van der Waals surface area (Å²) in [6.07, 6.45) is 1.84. The maximum atomic E-state index is 14.0. The lowest BCUT2D eigenvalue weighted by atomic mass is 9.94. The lowest BCUT2D eigenvalue weighted by molar-refractivity contribution is -0.385. The zero-order valence-electron chi connectivity index (χ0n) is 24.0. The summed E-state index contributed by atoms with van der Waals surface area (Å²) in [4.78, 5) is 43.5. The van der Waals surface area contributed by atoms with Gasteiger partial charge >= 0.3 is 5.97 Å². The van der Waals surface area contributed by atoms with Gasteiger partial charge in [-0.3, -0.25) is 19.5 Å². The minimum absolute atomic E-state index is 0.0947. The summed E-state index contributed by atoms with van der Waals surface area (Å²) < 4.78 is 10.3. The van der Waals surface area contributed by atoms with Crippen molar-refractivity contribution >= 4 is 45.0 Å². The Hall–Kier alpha value is -4.09. The van der Waals surface area contributed by atoms with Crippen molar-refractivity contribution in [2.45, 2.75) is 47.6 Å². The fraction of sp³-hybridized carbons (Fsp3) is 0.258. The van der Waals surface area contributed by atoms with Crippen molar-refractivity contribution in [2.24, 2.45) is 4.99 Å². The smallest absolute Gasteiger partial charge is 0.338 e. The first-order valence-electron chi connectivity index (χ1n) is 13.3. The number of aryl methyl sites for hydroxylation is 3. The van der Waals surface area contributed by atoms with Crippen LogP contribution in [0.15, 0.2) is 68.0 Å². The number of nitro groups is 1. The van der Waals surface area contributed by atoms with Gasteiger partial charge in [0.15, 0.2) is 4.80 Å². The van der Waals surface area contributed by atoms with Crippen LogP contribution in [0.1, 0.15) is 53.5 Å². The number of rotatable bonds is 6. The van der Waals surface area contributed by atoms with Gasteiger partial charge in [-0.25, -0.2) is 9.79 Å². The molecule has 216 valence electrons. The Morgan fingerprint density at radius 3 is 2.50 bits per heavy atom. The average Bonchev–Trinajstić information content (AvgIpc) is 3.39. The van der Waals surface area contributed by atoms with E-state index in [9.17, 15) is 19.7 Å². The summed E-state index contributed by atoms with van der Waals surface area (Å²) in [5.74, 6) is -0.617. The van der Waals surface area contributed by atoms with Crippen LogP contribution in [0.4, 0.5) is 5.69 Å². The van der Waals surface area contributed by atoms with Gasteiger partial charge in [0.25, 0.3) is 11.2 Å². The number of fused-ring (bicyclic) bond motifs is 1. The summed E-state index contributed by atoms with van der Waals surface area (Å²) >= 11 is 4.83. The van der Waals surface area contributed by atoms with Crippen LogP contribution in [0, 0.1) is 37.8 Å². The highest BCUT2D eigenvalue weighted by Gasteiger charge is 2.34. The van der Waals surface area contributed by atoms with Crippen LogP contribution in [0.3, 0.4) is 0 Å². The van der Waals surface area contributed by atoms with E-state index in [1.165, 1.54) is 22.0 Å². The molecule has 11 heteroatoms. The number of carbonyl (C=O) groups is 1. The first kappa shape index (κ1) is 29.4. The molecule has 0 radical (unpaired) electrons. The molecule has 0 unspecified atom stereocenters. The summed E-state index contributed by atoms with van der Waals surface area (Å²) in [6, 6.07) is 12.0. The third-order valence-electron chi connectivity index (χ3n) is 7.43. The van der Waals surface area contributed by atoms with Crippen molar-refractivity contribution in [3.63, 3.8) is 0 Å². The zero-order chi connectivity index (χ0) is 30.5. The van der Waals surface area contributed by atoms with Gasteiger partial charge in [-0.2, -0.15) is 0 Å². The number of nitrogens with zero attached hydrogens (tertiary/aromatic N) is 4. The van der Waals surface area contributed by atoms with Crippen LogP contribution in [0.2, 0.25) is 0 Å². The molecule has 1 aliphatic heterocycles. The van der Waals surface area contributed by atoms with E-state index < -0.39 is 16.9 Å². The Bertz CT molecular complexity index is 2000. The van der Waals surface area contributed by atoms with Crippen molar-refractivity contribution < 1.29 is 14.5 Å². The molecule has 0 N–H and O–H groups in total. The van der Waals surface area contributed by atoms with Gasteiger partial charge in [-0.1, -0.05) is 45.5 Å². The minimum atomic E-state index is -0.931. The third kappa shape index (κ3) is 5.07. The highest BCUT2D eigenvalue weighted by Crippen LogP contribution is 2.33. The van der Waals surface area contributed by atoms with Crippen LogP contribution in [-0.2, 0) is 9.53 Å². The Morgan fingerprint density at radius 2 is 1.83 bits per heavy atom. The van der Waals surface area contributed by atoms with Crippen molar-refractivity contribution in [1.82, 2.24) is 9.13 Å². The first-order valence-corrected chi connectivity index (χ1v) is 14.9. The van der Waals surface area contributed by atoms with Crippen molar-refractivity contribution in [1.29, 1.82) is 0 Å². The fourth-order valence-electron chi connectivity index (χ4n) is 5.29. The van der Waals surface area contributed by atoms with Crippen LogP contribution in [0.5, 0.6) is 0 Å². The number of halogens is 1. The molecule has 4 aromatic rings. The third-order valence-corrected chi connectivity index (χ3v) is 9.27. The number of benzene rings is 2. The summed E-state index contributed by atoms with van der Waals surface area (Å²) in [7, 11) is 0.